The number of hydrogen-bond donors (Lipinski definition) is 5. The Hall–Kier alpha value is 1.55. The van der Waals surface area contributed by atoms with E-state index in [9.17, 15) is 0 Å². The van der Waals surface area contributed by atoms with E-state index >= 15 is 0 Å². The van der Waals surface area contributed by atoms with Gasteiger partial charge in [-0.25, -0.2) is 0 Å². The van der Waals surface area contributed by atoms with Gasteiger partial charge in [0.05, 0.1) is 34.3 Å². The van der Waals surface area contributed by atoms with Crippen molar-refractivity contribution in [1.29, 1.82) is 5.16 Å². The summed E-state index contributed by atoms with van der Waals surface area (Å²) in [4.78, 5) is 10.7. The van der Waals surface area contributed by atoms with Crippen molar-refractivity contribution < 1.29 is 0 Å². The molecular formula is C6H20N7P3S2+2. The molecule has 0 aliphatic carbocycles. The molecule has 3 saturated heterocycles. The van der Waals surface area contributed by atoms with Gasteiger partial charge in [0.25, 0.3) is 0 Å². The summed E-state index contributed by atoms with van der Waals surface area (Å²) in [5.41, 5.74) is 6.20. The summed E-state index contributed by atoms with van der Waals surface area (Å²) in [7, 11) is 1.79. The third-order valence-electron chi connectivity index (χ3n) is 3.21. The van der Waals surface area contributed by atoms with Crippen LogP contribution in [0.3, 0.4) is 0 Å². The van der Waals surface area contributed by atoms with E-state index in [1.807, 2.05) is 22.8 Å². The summed E-state index contributed by atoms with van der Waals surface area (Å²) in [6.45, 7) is -1.26. The molecule has 3 rings (SSSR count). The van der Waals surface area contributed by atoms with Crippen molar-refractivity contribution in [1.82, 2.24) is 23.9 Å². The summed E-state index contributed by atoms with van der Waals surface area (Å²) in [5.74, 6) is 2.22. The number of nitrogens with one attached hydrogen (secondary N) is 4. The van der Waals surface area contributed by atoms with Crippen molar-refractivity contribution in [2.24, 2.45) is 5.50 Å². The highest BCUT2D eigenvalue weighted by Crippen LogP contribution is 2.87. The van der Waals surface area contributed by atoms with E-state index in [-0.39, 0.29) is 0 Å². The molecule has 3 aliphatic heterocycles. The van der Waals surface area contributed by atoms with Gasteiger partial charge in [0.1, 0.15) is 0 Å². The van der Waals surface area contributed by atoms with E-state index in [1.54, 1.807) is 0 Å². The minimum Gasteiger partial charge on any atom is -0.273 e. The van der Waals surface area contributed by atoms with Crippen molar-refractivity contribution >= 4 is 44.1 Å². The van der Waals surface area contributed by atoms with Crippen LogP contribution in [0, 0.1) is 5.16 Å². The van der Waals surface area contributed by atoms with Crippen molar-refractivity contribution in [2.45, 2.75) is 0 Å². The van der Waals surface area contributed by atoms with Gasteiger partial charge in [-0.15, -0.1) is 9.34 Å². The van der Waals surface area contributed by atoms with Crippen LogP contribution in [-0.4, -0.2) is 48.0 Å². The topological polar surface area (TPSA) is 92.4 Å². The van der Waals surface area contributed by atoms with Gasteiger partial charge in [0, 0.05) is 32.0 Å². The maximum Gasteiger partial charge on any atom is 0.331 e. The highest BCUT2D eigenvalue weighted by Gasteiger charge is 2.70. The minimum atomic E-state index is -2.48. The zero-order chi connectivity index (χ0) is 13.0. The summed E-state index contributed by atoms with van der Waals surface area (Å²) in [6.07, 6.45) is 0. The summed E-state index contributed by atoms with van der Waals surface area (Å²) >= 11 is 3.86. The van der Waals surface area contributed by atoms with Gasteiger partial charge in [-0.05, 0) is 0 Å². The van der Waals surface area contributed by atoms with E-state index < -0.39 is 21.3 Å². The number of hydrogen-bond acceptors (Lipinski definition) is 6. The summed E-state index contributed by atoms with van der Waals surface area (Å²) < 4.78 is 4.70. The summed E-state index contributed by atoms with van der Waals surface area (Å²) in [6, 6.07) is 0. The fraction of sp³-hybridized carbons (Fsp3) is 1.00. The third kappa shape index (κ3) is 2.32. The Morgan fingerprint density at radius 1 is 1.11 bits per heavy atom. The number of nitrogens with zero attached hydrogens (tertiary/aromatic N) is 2. The average molecular weight is 347 g/mol. The molecule has 2 unspecified atom stereocenters. The molecule has 0 aromatic rings. The van der Waals surface area contributed by atoms with Crippen LogP contribution in [0.15, 0.2) is 0 Å². The van der Waals surface area contributed by atoms with E-state index in [4.69, 9.17) is 10.7 Å². The second-order valence-electron chi connectivity index (χ2n) is 4.60. The Kier molecular flexibility index (Phi) is 3.85. The van der Waals surface area contributed by atoms with Crippen LogP contribution in [0.2, 0.25) is 0 Å². The molecule has 104 valence electrons. The van der Waals surface area contributed by atoms with Crippen LogP contribution >= 0.6 is 44.1 Å². The second kappa shape index (κ2) is 4.79. The predicted octanol–water partition coefficient (Wildman–Crippen LogP) is 1.96. The highest BCUT2D eigenvalue weighted by molar-refractivity contribution is 8.68. The van der Waals surface area contributed by atoms with Gasteiger partial charge >= 0.3 is 13.8 Å². The van der Waals surface area contributed by atoms with E-state index in [1.165, 1.54) is 0 Å². The molecule has 7 nitrogen and oxygen atoms in total. The van der Waals surface area contributed by atoms with Crippen LogP contribution in [0.4, 0.5) is 0 Å². The lowest BCUT2D eigenvalue weighted by molar-refractivity contribution is 0.570. The SMILES string of the molecule is CN1CCS[P+]12NP(=N)(N)N[P+]1(N2)SCCN1C. The lowest BCUT2D eigenvalue weighted by Crippen LogP contribution is -2.46. The normalized spacial score (nSPS) is 50.6. The molecule has 2 spiro atoms. The molecule has 3 aliphatic rings. The molecule has 0 radical (unpaired) electrons. The molecule has 3 heterocycles. The number of rotatable bonds is 0. The highest BCUT2D eigenvalue weighted by atomic mass is 32.8. The van der Waals surface area contributed by atoms with Crippen LogP contribution in [0.5, 0.6) is 0 Å². The lowest BCUT2D eigenvalue weighted by Gasteiger charge is -2.39. The van der Waals surface area contributed by atoms with E-state index in [0.717, 1.165) is 24.6 Å². The van der Waals surface area contributed by atoms with Crippen molar-refractivity contribution in [2.75, 3.05) is 38.7 Å². The Morgan fingerprint density at radius 2 is 1.56 bits per heavy atom. The van der Waals surface area contributed by atoms with Crippen molar-refractivity contribution in [3.8, 4) is 0 Å². The molecule has 0 aromatic heterocycles. The quantitative estimate of drug-likeness (QED) is 0.425. The first-order valence-electron chi connectivity index (χ1n) is 5.69. The Morgan fingerprint density at radius 3 is 1.89 bits per heavy atom. The zero-order valence-electron chi connectivity index (χ0n) is 10.5. The maximum atomic E-state index is 8.39. The van der Waals surface area contributed by atoms with Crippen LogP contribution < -0.4 is 20.1 Å². The molecule has 2 atom stereocenters. The van der Waals surface area contributed by atoms with E-state index in [2.05, 4.69) is 38.0 Å². The van der Waals surface area contributed by atoms with Crippen LogP contribution in [-0.2, 0) is 0 Å². The zero-order valence-corrected chi connectivity index (χ0v) is 14.8. The fourth-order valence-electron chi connectivity index (χ4n) is 2.19. The Balaban J connectivity index is 1.97. The van der Waals surface area contributed by atoms with Gasteiger partial charge in [0.15, 0.2) is 0 Å². The molecule has 18 heavy (non-hydrogen) atoms. The first-order chi connectivity index (χ1) is 8.38. The molecular weight excluding hydrogens is 327 g/mol. The van der Waals surface area contributed by atoms with Gasteiger partial charge < -0.3 is 0 Å². The largest absolute Gasteiger partial charge is 0.331 e. The van der Waals surface area contributed by atoms with Gasteiger partial charge in [-0.2, -0.15) is 0 Å². The third-order valence-corrected chi connectivity index (χ3v) is 21.8. The van der Waals surface area contributed by atoms with Gasteiger partial charge in [0.2, 0.25) is 7.51 Å². The molecule has 0 aromatic carbocycles. The molecule has 0 saturated carbocycles. The molecule has 12 heteroatoms. The van der Waals surface area contributed by atoms with Crippen molar-refractivity contribution in [3.05, 3.63) is 0 Å². The first kappa shape index (κ1) is 14.5. The number of nitrogens with two attached hydrogens (primary N) is 1. The van der Waals surface area contributed by atoms with Crippen molar-refractivity contribution in [3.63, 3.8) is 0 Å². The summed E-state index contributed by atoms with van der Waals surface area (Å²) in [5, 5.41) is 8.39. The van der Waals surface area contributed by atoms with Gasteiger partial charge in [-0.3, -0.25) is 10.7 Å². The Bertz CT molecular complexity index is 381. The minimum absolute atomic E-state index is 1.06. The smallest absolute Gasteiger partial charge is 0.273 e. The molecule has 3 fully saturated rings. The van der Waals surface area contributed by atoms with Crippen LogP contribution in [0.1, 0.15) is 0 Å². The first-order valence-corrected chi connectivity index (χ1v) is 14.2. The predicted molar refractivity (Wildman–Crippen MR) is 87.3 cm³/mol. The van der Waals surface area contributed by atoms with E-state index in [0.29, 0.717) is 0 Å². The standard InChI is InChI=1S/C6H20N7P3S2/c1-12-3-5-17-15(12)9-14(7,8)10-16(11-15)13(2)4-6-18-16/h11H,3-6H2,1-2H3,(H5,7,8,9,10)/q+2. The van der Waals surface area contributed by atoms with Crippen LogP contribution in [0.25, 0.3) is 0 Å². The maximum absolute atomic E-state index is 8.39. The Labute approximate surface area is 117 Å². The molecule has 6 N–H and O–H groups in total. The monoisotopic (exact) mass is 347 g/mol. The molecule has 0 amide bonds. The molecule has 0 bridgehead atoms. The fourth-order valence-corrected chi connectivity index (χ4v) is 25.6. The van der Waals surface area contributed by atoms with Gasteiger partial charge in [-0.1, -0.05) is 9.72 Å². The lowest BCUT2D eigenvalue weighted by atomic mass is 10.8. The second-order valence-corrected chi connectivity index (χ2v) is 18.2. The average Bonchev–Trinajstić information content (AvgIpc) is 2.72.